The third kappa shape index (κ3) is 6.79. The van der Waals surface area contributed by atoms with Crippen molar-refractivity contribution in [1.82, 2.24) is 24.1 Å². The van der Waals surface area contributed by atoms with Crippen molar-refractivity contribution in [2.75, 3.05) is 13.1 Å². The van der Waals surface area contributed by atoms with Gasteiger partial charge in [0.05, 0.1) is 43.2 Å². The number of rotatable bonds is 11. The van der Waals surface area contributed by atoms with Crippen LogP contribution >= 0.6 is 0 Å². The number of nitriles is 1. The van der Waals surface area contributed by atoms with Crippen molar-refractivity contribution >= 4 is 33.2 Å². The zero-order chi connectivity index (χ0) is 32.4. The maximum atomic E-state index is 12.9. The first-order valence-electron chi connectivity index (χ1n) is 13.6. The Morgan fingerprint density at radius 3 is 2.69 bits per heavy atom. The Morgan fingerprint density at radius 1 is 1.24 bits per heavy atom. The van der Waals surface area contributed by atoms with Crippen molar-refractivity contribution in [1.29, 1.82) is 5.26 Å². The molecule has 1 aromatic carbocycles. The van der Waals surface area contributed by atoms with Crippen molar-refractivity contribution < 1.29 is 30.9 Å². The summed E-state index contributed by atoms with van der Waals surface area (Å²) < 4.78 is 71.0. The zero-order valence-electron chi connectivity index (χ0n) is 23.9. The minimum absolute atomic E-state index is 0.0181. The first-order valence-corrected chi connectivity index (χ1v) is 15.1. The van der Waals surface area contributed by atoms with Gasteiger partial charge in [-0.2, -0.15) is 27.8 Å². The molecular weight excluding hydrogens is 613 g/mol. The SMILES string of the molecule is Cc1oncc1S(=O)(=O)N1CC(CC#N)(N=CC(=CN)c2cnn3c(-c4cccc(CC(=O)CCC(F)(F)F)c4)cnc3c2)C1. The van der Waals surface area contributed by atoms with Gasteiger partial charge < -0.3 is 10.3 Å². The summed E-state index contributed by atoms with van der Waals surface area (Å²) in [6, 6.07) is 10.7. The van der Waals surface area contributed by atoms with Gasteiger partial charge in [0.1, 0.15) is 16.2 Å². The maximum absolute atomic E-state index is 12.9. The van der Waals surface area contributed by atoms with Crippen LogP contribution in [0.5, 0.6) is 0 Å². The number of allylic oxidation sites excluding steroid dienone is 1. The van der Waals surface area contributed by atoms with E-state index in [2.05, 4.69) is 26.3 Å². The van der Waals surface area contributed by atoms with E-state index < -0.39 is 40.4 Å². The van der Waals surface area contributed by atoms with Crippen LogP contribution in [0.4, 0.5) is 13.2 Å². The summed E-state index contributed by atoms with van der Waals surface area (Å²) in [7, 11) is -3.86. The van der Waals surface area contributed by atoms with Gasteiger partial charge in [-0.3, -0.25) is 9.79 Å². The van der Waals surface area contributed by atoms with Gasteiger partial charge in [0, 0.05) is 55.0 Å². The molecule has 0 unspecified atom stereocenters. The molecule has 0 spiro atoms. The molecule has 0 saturated carbocycles. The Balaban J connectivity index is 1.32. The maximum Gasteiger partial charge on any atom is 0.389 e. The molecule has 0 bridgehead atoms. The molecular formula is C29H27F3N8O4S. The fourth-order valence-electron chi connectivity index (χ4n) is 4.93. The number of aliphatic imine (C=N–C) groups is 1. The van der Waals surface area contributed by atoms with E-state index in [-0.39, 0.29) is 36.6 Å². The van der Waals surface area contributed by atoms with Crippen molar-refractivity contribution in [3.05, 3.63) is 72.0 Å². The molecule has 45 heavy (non-hydrogen) atoms. The number of benzene rings is 1. The number of carbonyl (C=O) groups excluding carboxylic acids is 1. The van der Waals surface area contributed by atoms with Crippen LogP contribution in [0.1, 0.15) is 36.1 Å². The number of alkyl halides is 3. The molecule has 4 aromatic rings. The first-order chi connectivity index (χ1) is 21.3. The Bertz CT molecular complexity index is 1950. The van der Waals surface area contributed by atoms with Crippen LogP contribution in [0.3, 0.4) is 0 Å². The van der Waals surface area contributed by atoms with E-state index in [1.165, 1.54) is 29.8 Å². The van der Waals surface area contributed by atoms with Gasteiger partial charge in [-0.25, -0.2) is 17.9 Å². The third-order valence-electron chi connectivity index (χ3n) is 7.34. The van der Waals surface area contributed by atoms with Gasteiger partial charge in [-0.1, -0.05) is 23.4 Å². The normalized spacial score (nSPS) is 15.8. The number of sulfonamides is 1. The number of ketones is 1. The Labute approximate surface area is 255 Å². The quantitative estimate of drug-likeness (QED) is 0.239. The van der Waals surface area contributed by atoms with E-state index in [0.29, 0.717) is 33.6 Å². The number of imidazole rings is 1. The highest BCUT2D eigenvalue weighted by molar-refractivity contribution is 7.89. The molecule has 5 rings (SSSR count). The Kier molecular flexibility index (Phi) is 8.59. The van der Waals surface area contributed by atoms with Crippen LogP contribution < -0.4 is 5.73 Å². The molecule has 0 radical (unpaired) electrons. The third-order valence-corrected chi connectivity index (χ3v) is 9.22. The second-order valence-electron chi connectivity index (χ2n) is 10.6. The molecule has 234 valence electrons. The van der Waals surface area contributed by atoms with E-state index in [9.17, 15) is 31.6 Å². The molecule has 2 N–H and O–H groups in total. The van der Waals surface area contributed by atoms with Crippen molar-refractivity contribution in [2.24, 2.45) is 10.7 Å². The highest BCUT2D eigenvalue weighted by Crippen LogP contribution is 2.35. The van der Waals surface area contributed by atoms with Crippen LogP contribution in [-0.2, 0) is 21.2 Å². The standard InChI is InChI=1S/C29H27F3N8O4S/c1-19-26(16-38-44-19)45(42,43)39-17-28(18-39,7-8-33)36-13-23(12-34)22-11-27-35-15-25(40(27)37-14-22)21-4-2-3-20(9-21)10-24(41)5-6-29(30,31)32/h2-4,9,11-16H,5-7,10,17-18,34H2,1H3. The lowest BCUT2D eigenvalue weighted by Crippen LogP contribution is -2.62. The number of nitrogens with two attached hydrogens (primary N) is 1. The predicted molar refractivity (Wildman–Crippen MR) is 156 cm³/mol. The van der Waals surface area contributed by atoms with Gasteiger partial charge in [-0.05, 0) is 24.6 Å². The van der Waals surface area contributed by atoms with Crippen LogP contribution in [0, 0.1) is 18.3 Å². The molecule has 0 aliphatic carbocycles. The number of halogens is 3. The lowest BCUT2D eigenvalue weighted by Gasteiger charge is -2.45. The van der Waals surface area contributed by atoms with Gasteiger partial charge in [0.15, 0.2) is 11.4 Å². The number of fused-ring (bicyclic) bond motifs is 1. The van der Waals surface area contributed by atoms with Crippen molar-refractivity contribution in [2.45, 2.75) is 49.2 Å². The number of aryl methyl sites for hydroxylation is 1. The lowest BCUT2D eigenvalue weighted by atomic mass is 9.90. The number of carbonyl (C=O) groups is 1. The molecule has 16 heteroatoms. The van der Waals surface area contributed by atoms with Crippen LogP contribution in [0.25, 0.3) is 22.5 Å². The molecule has 0 amide bonds. The summed E-state index contributed by atoms with van der Waals surface area (Å²) in [4.78, 5) is 21.0. The Morgan fingerprint density at radius 2 is 2.02 bits per heavy atom. The summed E-state index contributed by atoms with van der Waals surface area (Å²) in [6.07, 6.45) is 0.777. The summed E-state index contributed by atoms with van der Waals surface area (Å²) in [5.74, 6) is -0.344. The van der Waals surface area contributed by atoms with Crippen LogP contribution in [-0.4, -0.2) is 69.3 Å². The number of aromatic nitrogens is 4. The largest absolute Gasteiger partial charge is 0.404 e. The summed E-state index contributed by atoms with van der Waals surface area (Å²) in [5.41, 5.74) is 8.24. The van der Waals surface area contributed by atoms with Gasteiger partial charge in [0.2, 0.25) is 10.0 Å². The van der Waals surface area contributed by atoms with E-state index in [1.807, 2.05) is 0 Å². The fraction of sp³-hybridized carbons (Fsp3) is 0.310. The highest BCUT2D eigenvalue weighted by Gasteiger charge is 2.49. The fourth-order valence-corrected chi connectivity index (χ4v) is 6.61. The van der Waals surface area contributed by atoms with Crippen molar-refractivity contribution in [3.63, 3.8) is 0 Å². The summed E-state index contributed by atoms with van der Waals surface area (Å²) in [6.45, 7) is 1.46. The smallest absolute Gasteiger partial charge is 0.389 e. The molecule has 0 atom stereocenters. The molecule has 3 aromatic heterocycles. The molecule has 1 aliphatic heterocycles. The first kappa shape index (κ1) is 31.5. The van der Waals surface area contributed by atoms with E-state index >= 15 is 0 Å². The molecule has 12 nitrogen and oxygen atoms in total. The topological polar surface area (TPSA) is 173 Å². The average molecular weight is 641 g/mol. The minimum atomic E-state index is -4.39. The van der Waals surface area contributed by atoms with Gasteiger partial charge >= 0.3 is 6.18 Å². The lowest BCUT2D eigenvalue weighted by molar-refractivity contribution is -0.143. The minimum Gasteiger partial charge on any atom is -0.404 e. The highest BCUT2D eigenvalue weighted by atomic mass is 32.2. The number of hydrogen-bond acceptors (Lipinski definition) is 10. The zero-order valence-corrected chi connectivity index (χ0v) is 24.7. The number of nitrogens with zero attached hydrogens (tertiary/aromatic N) is 7. The van der Waals surface area contributed by atoms with Gasteiger partial charge in [0.25, 0.3) is 0 Å². The Hall–Kier alpha value is -4.88. The molecule has 1 fully saturated rings. The van der Waals surface area contributed by atoms with Crippen LogP contribution in [0.15, 0.2) is 69.5 Å². The van der Waals surface area contributed by atoms with E-state index in [4.69, 9.17) is 10.3 Å². The van der Waals surface area contributed by atoms with Gasteiger partial charge in [-0.15, -0.1) is 0 Å². The van der Waals surface area contributed by atoms with Crippen molar-refractivity contribution in [3.8, 4) is 17.3 Å². The van der Waals surface area contributed by atoms with E-state index in [0.717, 1.165) is 6.20 Å². The molecule has 1 saturated heterocycles. The van der Waals surface area contributed by atoms with E-state index in [1.54, 1.807) is 41.0 Å². The monoisotopic (exact) mass is 640 g/mol. The summed E-state index contributed by atoms with van der Waals surface area (Å²) >= 11 is 0. The second-order valence-corrected chi connectivity index (χ2v) is 12.6. The molecule has 4 heterocycles. The second kappa shape index (κ2) is 12.3. The van der Waals surface area contributed by atoms with Crippen LogP contribution in [0.2, 0.25) is 0 Å². The summed E-state index contributed by atoms with van der Waals surface area (Å²) in [5, 5.41) is 17.4. The average Bonchev–Trinajstić information content (AvgIpc) is 3.60. The predicted octanol–water partition coefficient (Wildman–Crippen LogP) is 3.87. The molecule has 1 aliphatic rings. The number of Topliss-reactive ketones (excluding diaryl/α,β-unsaturated/α-hetero) is 1. The number of hydrogen-bond donors (Lipinski definition) is 1.